The quantitative estimate of drug-likeness (QED) is 0.748. The zero-order chi connectivity index (χ0) is 13.9. The highest BCUT2D eigenvalue weighted by atomic mass is 35.5. The van der Waals surface area contributed by atoms with Crippen molar-refractivity contribution in [1.82, 2.24) is 15.2 Å². The van der Waals surface area contributed by atoms with Crippen molar-refractivity contribution in [2.75, 3.05) is 5.32 Å². The number of halogens is 2. The molecule has 20 heavy (non-hydrogen) atoms. The average Bonchev–Trinajstić information content (AvgIpc) is 2.90. The highest BCUT2D eigenvalue weighted by Gasteiger charge is 2.08. The molecule has 0 unspecified atom stereocenters. The van der Waals surface area contributed by atoms with Gasteiger partial charge in [0.25, 0.3) is 0 Å². The van der Waals surface area contributed by atoms with Gasteiger partial charge in [-0.15, -0.1) is 5.10 Å². The fraction of sp³-hybridized carbons (Fsp3) is 0. The van der Waals surface area contributed by atoms with Crippen molar-refractivity contribution >= 4 is 34.8 Å². The molecule has 0 fully saturated rings. The first-order valence-corrected chi connectivity index (χ1v) is 6.68. The van der Waals surface area contributed by atoms with Gasteiger partial charge in [-0.1, -0.05) is 35.3 Å². The molecule has 4 nitrogen and oxygen atoms in total. The maximum atomic E-state index is 6.12. The van der Waals surface area contributed by atoms with E-state index in [1.807, 2.05) is 36.4 Å². The van der Waals surface area contributed by atoms with Crippen molar-refractivity contribution in [3.8, 4) is 11.4 Å². The van der Waals surface area contributed by atoms with Crippen molar-refractivity contribution in [3.05, 3.63) is 58.6 Å². The summed E-state index contributed by atoms with van der Waals surface area (Å²) in [6.45, 7) is 0. The van der Waals surface area contributed by atoms with Gasteiger partial charge in [0.2, 0.25) is 5.95 Å². The second-order valence-electron chi connectivity index (χ2n) is 4.12. The molecule has 0 saturated heterocycles. The zero-order valence-corrected chi connectivity index (χ0v) is 11.8. The maximum absolute atomic E-state index is 6.12. The minimum Gasteiger partial charge on any atom is -0.323 e. The third-order valence-electron chi connectivity index (χ3n) is 2.71. The van der Waals surface area contributed by atoms with Crippen LogP contribution >= 0.6 is 23.2 Å². The summed E-state index contributed by atoms with van der Waals surface area (Å²) >= 11 is 12.0. The number of hydrogen-bond acceptors (Lipinski definition) is 3. The maximum Gasteiger partial charge on any atom is 0.246 e. The number of benzene rings is 2. The highest BCUT2D eigenvalue weighted by Crippen LogP contribution is 2.25. The molecular weight excluding hydrogens is 295 g/mol. The molecule has 1 heterocycles. The molecule has 100 valence electrons. The molecule has 2 aromatic carbocycles. The van der Waals surface area contributed by atoms with Gasteiger partial charge in [-0.2, -0.15) is 4.98 Å². The molecule has 0 aliphatic carbocycles. The Kier molecular flexibility index (Phi) is 3.58. The van der Waals surface area contributed by atoms with Crippen LogP contribution in [0, 0.1) is 0 Å². The molecule has 3 rings (SSSR count). The summed E-state index contributed by atoms with van der Waals surface area (Å²) < 4.78 is 0. The lowest BCUT2D eigenvalue weighted by Gasteiger charge is -2.01. The molecule has 0 spiro atoms. The van der Waals surface area contributed by atoms with E-state index in [2.05, 4.69) is 20.5 Å². The molecule has 0 amide bonds. The van der Waals surface area contributed by atoms with Crippen molar-refractivity contribution in [2.45, 2.75) is 0 Å². The van der Waals surface area contributed by atoms with Crippen LogP contribution in [0.5, 0.6) is 0 Å². The van der Waals surface area contributed by atoms with Crippen LogP contribution in [0.4, 0.5) is 11.6 Å². The Morgan fingerprint density at radius 3 is 2.45 bits per heavy atom. The molecule has 2 N–H and O–H groups in total. The third-order valence-corrected chi connectivity index (χ3v) is 3.30. The van der Waals surface area contributed by atoms with E-state index in [1.54, 1.807) is 12.1 Å². The van der Waals surface area contributed by atoms with Gasteiger partial charge in [0.1, 0.15) is 0 Å². The number of aromatic amines is 1. The highest BCUT2D eigenvalue weighted by molar-refractivity contribution is 6.33. The van der Waals surface area contributed by atoms with E-state index in [0.29, 0.717) is 21.8 Å². The molecule has 0 radical (unpaired) electrons. The Bertz CT molecular complexity index is 722. The van der Waals surface area contributed by atoms with Crippen LogP contribution < -0.4 is 5.32 Å². The SMILES string of the molecule is Clc1ccc(Nc2n[nH]c(-c3ccccc3Cl)n2)cc1. The molecule has 3 aromatic rings. The van der Waals surface area contributed by atoms with Gasteiger partial charge in [-0.25, -0.2) is 0 Å². The van der Waals surface area contributed by atoms with Crippen molar-refractivity contribution in [1.29, 1.82) is 0 Å². The van der Waals surface area contributed by atoms with Gasteiger partial charge < -0.3 is 5.32 Å². The summed E-state index contributed by atoms with van der Waals surface area (Å²) in [6.07, 6.45) is 0. The fourth-order valence-corrected chi connectivity index (χ4v) is 2.10. The fourth-order valence-electron chi connectivity index (χ4n) is 1.75. The minimum absolute atomic E-state index is 0.474. The smallest absolute Gasteiger partial charge is 0.246 e. The second-order valence-corrected chi connectivity index (χ2v) is 4.96. The van der Waals surface area contributed by atoms with Gasteiger partial charge in [0.15, 0.2) is 5.82 Å². The van der Waals surface area contributed by atoms with Gasteiger partial charge in [-0.3, -0.25) is 5.10 Å². The molecular formula is C14H10Cl2N4. The number of aromatic nitrogens is 3. The summed E-state index contributed by atoms with van der Waals surface area (Å²) in [4.78, 5) is 4.36. The molecule has 6 heteroatoms. The number of nitrogens with zero attached hydrogens (tertiary/aromatic N) is 2. The molecule has 0 aliphatic rings. The number of nitrogens with one attached hydrogen (secondary N) is 2. The van der Waals surface area contributed by atoms with E-state index in [9.17, 15) is 0 Å². The minimum atomic E-state index is 0.474. The zero-order valence-electron chi connectivity index (χ0n) is 10.3. The van der Waals surface area contributed by atoms with E-state index in [-0.39, 0.29) is 0 Å². The predicted octanol–water partition coefficient (Wildman–Crippen LogP) is 4.52. The molecule has 0 saturated carbocycles. The number of hydrogen-bond donors (Lipinski definition) is 2. The Balaban J connectivity index is 1.84. The van der Waals surface area contributed by atoms with E-state index in [0.717, 1.165) is 11.3 Å². The molecule has 0 bridgehead atoms. The van der Waals surface area contributed by atoms with Gasteiger partial charge >= 0.3 is 0 Å². The first-order valence-electron chi connectivity index (χ1n) is 5.92. The van der Waals surface area contributed by atoms with Crippen LogP contribution in [0.15, 0.2) is 48.5 Å². The van der Waals surface area contributed by atoms with Crippen LogP contribution in [-0.4, -0.2) is 15.2 Å². The van der Waals surface area contributed by atoms with Gasteiger partial charge in [0.05, 0.1) is 5.02 Å². The Morgan fingerprint density at radius 1 is 0.950 bits per heavy atom. The van der Waals surface area contributed by atoms with Crippen LogP contribution in [0.2, 0.25) is 10.0 Å². The van der Waals surface area contributed by atoms with Crippen molar-refractivity contribution in [3.63, 3.8) is 0 Å². The number of rotatable bonds is 3. The monoisotopic (exact) mass is 304 g/mol. The normalized spacial score (nSPS) is 10.5. The Hall–Kier alpha value is -2.04. The van der Waals surface area contributed by atoms with E-state index < -0.39 is 0 Å². The summed E-state index contributed by atoms with van der Waals surface area (Å²) in [6, 6.07) is 14.8. The van der Waals surface area contributed by atoms with Crippen LogP contribution in [0.25, 0.3) is 11.4 Å². The Labute approximate surface area is 125 Å². The molecule has 0 aliphatic heterocycles. The summed E-state index contributed by atoms with van der Waals surface area (Å²) in [5.41, 5.74) is 1.67. The van der Waals surface area contributed by atoms with Gasteiger partial charge in [0, 0.05) is 16.3 Å². The number of anilines is 2. The lowest BCUT2D eigenvalue weighted by molar-refractivity contribution is 1.10. The average molecular weight is 305 g/mol. The largest absolute Gasteiger partial charge is 0.323 e. The molecule has 0 atom stereocenters. The summed E-state index contributed by atoms with van der Waals surface area (Å²) in [5, 5.41) is 11.4. The van der Waals surface area contributed by atoms with Crippen molar-refractivity contribution < 1.29 is 0 Å². The Morgan fingerprint density at radius 2 is 1.70 bits per heavy atom. The van der Waals surface area contributed by atoms with Crippen LogP contribution in [-0.2, 0) is 0 Å². The third kappa shape index (κ3) is 2.76. The van der Waals surface area contributed by atoms with Gasteiger partial charge in [-0.05, 0) is 36.4 Å². The van der Waals surface area contributed by atoms with E-state index in [1.165, 1.54) is 0 Å². The van der Waals surface area contributed by atoms with E-state index >= 15 is 0 Å². The summed E-state index contributed by atoms with van der Waals surface area (Å²) in [5.74, 6) is 1.09. The number of H-pyrrole nitrogens is 1. The first-order chi connectivity index (χ1) is 9.72. The molecule has 1 aromatic heterocycles. The van der Waals surface area contributed by atoms with Crippen LogP contribution in [0.1, 0.15) is 0 Å². The lowest BCUT2D eigenvalue weighted by Crippen LogP contribution is -1.91. The standard InChI is InChI=1S/C14H10Cl2N4/c15-9-5-7-10(8-6-9)17-14-18-13(19-20-14)11-3-1-2-4-12(11)16/h1-8H,(H2,17,18,19,20). The summed E-state index contributed by atoms with van der Waals surface area (Å²) in [7, 11) is 0. The van der Waals surface area contributed by atoms with Crippen molar-refractivity contribution in [2.24, 2.45) is 0 Å². The van der Waals surface area contributed by atoms with Crippen LogP contribution in [0.3, 0.4) is 0 Å². The lowest BCUT2D eigenvalue weighted by atomic mass is 10.2. The topological polar surface area (TPSA) is 53.6 Å². The predicted molar refractivity (Wildman–Crippen MR) is 81.6 cm³/mol. The first kappa shape index (κ1) is 13.0. The van der Waals surface area contributed by atoms with E-state index in [4.69, 9.17) is 23.2 Å². The second kappa shape index (κ2) is 5.53.